The summed E-state index contributed by atoms with van der Waals surface area (Å²) >= 11 is 0. The molecule has 1 N–H and O–H groups in total. The molecule has 0 aliphatic carbocycles. The summed E-state index contributed by atoms with van der Waals surface area (Å²) in [6.45, 7) is 4.58. The van der Waals surface area contributed by atoms with Gasteiger partial charge in [0.05, 0.1) is 7.11 Å². The van der Waals surface area contributed by atoms with Crippen molar-refractivity contribution in [3.8, 4) is 0 Å². The smallest absolute Gasteiger partial charge is 0.320 e. The van der Waals surface area contributed by atoms with Crippen LogP contribution in [0.2, 0.25) is 0 Å². The standard InChI is InChI=1S/C11H22N2O3/c1-11(2,10(15)16-5)9(14)12-7-6-8-13(3)4/h6-8H2,1-5H3,(H,12,14). The molecule has 0 aromatic rings. The molecule has 0 atom stereocenters. The van der Waals surface area contributed by atoms with Crippen molar-refractivity contribution in [2.45, 2.75) is 20.3 Å². The molecule has 0 aliphatic heterocycles. The van der Waals surface area contributed by atoms with Gasteiger partial charge in [-0.3, -0.25) is 9.59 Å². The van der Waals surface area contributed by atoms with Crippen LogP contribution in [0.5, 0.6) is 0 Å². The van der Waals surface area contributed by atoms with Gasteiger partial charge in [0.2, 0.25) is 5.91 Å². The summed E-state index contributed by atoms with van der Waals surface area (Å²) in [6, 6.07) is 0. The highest BCUT2D eigenvalue weighted by Gasteiger charge is 2.36. The fourth-order valence-electron chi connectivity index (χ4n) is 1.17. The van der Waals surface area contributed by atoms with Crippen molar-refractivity contribution in [3.63, 3.8) is 0 Å². The molecule has 0 fully saturated rings. The lowest BCUT2D eigenvalue weighted by Crippen LogP contribution is -2.43. The summed E-state index contributed by atoms with van der Waals surface area (Å²) in [5.74, 6) is -0.810. The van der Waals surface area contributed by atoms with Gasteiger partial charge in [-0.2, -0.15) is 0 Å². The van der Waals surface area contributed by atoms with Crippen LogP contribution in [0.3, 0.4) is 0 Å². The summed E-state index contributed by atoms with van der Waals surface area (Å²) < 4.78 is 4.57. The van der Waals surface area contributed by atoms with Gasteiger partial charge in [-0.05, 0) is 40.9 Å². The van der Waals surface area contributed by atoms with Gasteiger partial charge >= 0.3 is 5.97 Å². The monoisotopic (exact) mass is 230 g/mol. The molecule has 5 heteroatoms. The quantitative estimate of drug-likeness (QED) is 0.404. The van der Waals surface area contributed by atoms with Crippen LogP contribution in [0.4, 0.5) is 0 Å². The lowest BCUT2D eigenvalue weighted by atomic mass is 9.92. The SMILES string of the molecule is COC(=O)C(C)(C)C(=O)NCCCN(C)C. The van der Waals surface area contributed by atoms with Gasteiger partial charge in [-0.15, -0.1) is 0 Å². The molecule has 94 valence electrons. The van der Waals surface area contributed by atoms with E-state index in [1.807, 2.05) is 19.0 Å². The zero-order chi connectivity index (χ0) is 12.8. The highest BCUT2D eigenvalue weighted by atomic mass is 16.5. The third kappa shape index (κ3) is 4.61. The zero-order valence-electron chi connectivity index (χ0n) is 10.8. The van der Waals surface area contributed by atoms with E-state index in [1.165, 1.54) is 7.11 Å². The molecule has 0 saturated heterocycles. The molecular weight excluding hydrogens is 208 g/mol. The van der Waals surface area contributed by atoms with Gasteiger partial charge in [-0.25, -0.2) is 0 Å². The number of hydrogen-bond acceptors (Lipinski definition) is 4. The summed E-state index contributed by atoms with van der Waals surface area (Å²) in [7, 11) is 5.23. The van der Waals surface area contributed by atoms with Gasteiger partial charge in [0, 0.05) is 6.54 Å². The Hall–Kier alpha value is -1.10. The van der Waals surface area contributed by atoms with Crippen molar-refractivity contribution >= 4 is 11.9 Å². The van der Waals surface area contributed by atoms with E-state index in [0.29, 0.717) is 6.54 Å². The Bertz CT molecular complexity index is 250. The van der Waals surface area contributed by atoms with Crippen LogP contribution in [0, 0.1) is 5.41 Å². The minimum Gasteiger partial charge on any atom is -0.468 e. The van der Waals surface area contributed by atoms with Crippen molar-refractivity contribution in [1.82, 2.24) is 10.2 Å². The molecule has 0 saturated carbocycles. The average Bonchev–Trinajstić information content (AvgIpc) is 2.22. The van der Waals surface area contributed by atoms with E-state index in [2.05, 4.69) is 10.1 Å². The Morgan fingerprint density at radius 3 is 2.31 bits per heavy atom. The highest BCUT2D eigenvalue weighted by Crippen LogP contribution is 2.16. The maximum absolute atomic E-state index is 11.7. The molecule has 1 amide bonds. The molecule has 0 aliphatic rings. The molecular formula is C11H22N2O3. The predicted octanol–water partition coefficient (Wildman–Crippen LogP) is 0.254. The van der Waals surface area contributed by atoms with Crippen LogP contribution in [0.25, 0.3) is 0 Å². The highest BCUT2D eigenvalue weighted by molar-refractivity contribution is 6.01. The molecule has 0 bridgehead atoms. The van der Waals surface area contributed by atoms with Crippen LogP contribution in [0.15, 0.2) is 0 Å². The van der Waals surface area contributed by atoms with Crippen molar-refractivity contribution in [2.75, 3.05) is 34.3 Å². The topological polar surface area (TPSA) is 58.6 Å². The van der Waals surface area contributed by atoms with Crippen LogP contribution in [-0.4, -0.2) is 51.1 Å². The largest absolute Gasteiger partial charge is 0.468 e. The Kier molecular flexibility index (Phi) is 6.03. The minimum absolute atomic E-state index is 0.293. The van der Waals surface area contributed by atoms with E-state index >= 15 is 0 Å². The first-order chi connectivity index (χ1) is 7.32. The Morgan fingerprint density at radius 2 is 1.88 bits per heavy atom. The lowest BCUT2D eigenvalue weighted by molar-refractivity contribution is -0.156. The second-order valence-corrected chi connectivity index (χ2v) is 4.53. The van der Waals surface area contributed by atoms with Gasteiger partial charge in [0.25, 0.3) is 0 Å². The number of amides is 1. The zero-order valence-corrected chi connectivity index (χ0v) is 10.8. The van der Waals surface area contributed by atoms with Crippen molar-refractivity contribution < 1.29 is 14.3 Å². The molecule has 0 aromatic heterocycles. The minimum atomic E-state index is -1.12. The summed E-state index contributed by atoms with van der Waals surface area (Å²) in [6.07, 6.45) is 0.857. The van der Waals surface area contributed by atoms with Crippen LogP contribution >= 0.6 is 0 Å². The second kappa shape index (κ2) is 6.48. The molecule has 16 heavy (non-hydrogen) atoms. The number of methoxy groups -OCH3 is 1. The Balaban J connectivity index is 4.01. The molecule has 0 unspecified atom stereocenters. The number of carbonyl (C=O) groups excluding carboxylic acids is 2. The van der Waals surface area contributed by atoms with Crippen LogP contribution in [0.1, 0.15) is 20.3 Å². The molecule has 0 spiro atoms. The first-order valence-corrected chi connectivity index (χ1v) is 5.33. The van der Waals surface area contributed by atoms with E-state index in [9.17, 15) is 9.59 Å². The number of hydrogen-bond donors (Lipinski definition) is 1. The summed E-state index contributed by atoms with van der Waals surface area (Å²) in [5, 5.41) is 2.73. The summed E-state index contributed by atoms with van der Waals surface area (Å²) in [5.41, 5.74) is -1.12. The predicted molar refractivity (Wildman–Crippen MR) is 62.0 cm³/mol. The van der Waals surface area contributed by atoms with Crippen molar-refractivity contribution in [1.29, 1.82) is 0 Å². The summed E-state index contributed by atoms with van der Waals surface area (Å²) in [4.78, 5) is 25.0. The fraction of sp³-hybridized carbons (Fsp3) is 0.818. The number of esters is 1. The van der Waals surface area contributed by atoms with Crippen LogP contribution < -0.4 is 5.32 Å². The lowest BCUT2D eigenvalue weighted by Gasteiger charge is -2.20. The van der Waals surface area contributed by atoms with E-state index < -0.39 is 11.4 Å². The molecule has 0 radical (unpaired) electrons. The molecule has 0 heterocycles. The molecule has 0 aromatic carbocycles. The number of nitrogens with zero attached hydrogens (tertiary/aromatic N) is 1. The van der Waals surface area contributed by atoms with Crippen molar-refractivity contribution in [2.24, 2.45) is 5.41 Å². The number of rotatable bonds is 6. The van der Waals surface area contributed by atoms with Gasteiger partial charge < -0.3 is 15.0 Å². The maximum atomic E-state index is 11.7. The van der Waals surface area contributed by atoms with E-state index in [1.54, 1.807) is 13.8 Å². The van der Waals surface area contributed by atoms with Gasteiger partial charge in [0.15, 0.2) is 0 Å². The fourth-order valence-corrected chi connectivity index (χ4v) is 1.17. The average molecular weight is 230 g/mol. The number of ether oxygens (including phenoxy) is 1. The van der Waals surface area contributed by atoms with Crippen molar-refractivity contribution in [3.05, 3.63) is 0 Å². The van der Waals surface area contributed by atoms with E-state index in [-0.39, 0.29) is 5.91 Å². The number of nitrogens with one attached hydrogen (secondary N) is 1. The molecule has 0 rings (SSSR count). The van der Waals surface area contributed by atoms with E-state index in [0.717, 1.165) is 13.0 Å². The number of carbonyl (C=O) groups is 2. The van der Waals surface area contributed by atoms with Gasteiger partial charge in [-0.1, -0.05) is 0 Å². The second-order valence-electron chi connectivity index (χ2n) is 4.53. The maximum Gasteiger partial charge on any atom is 0.320 e. The first kappa shape index (κ1) is 14.9. The first-order valence-electron chi connectivity index (χ1n) is 5.33. The Morgan fingerprint density at radius 1 is 1.31 bits per heavy atom. The van der Waals surface area contributed by atoms with E-state index in [4.69, 9.17) is 0 Å². The Labute approximate surface area is 97.1 Å². The third-order valence-corrected chi connectivity index (χ3v) is 2.33. The molecule has 5 nitrogen and oxygen atoms in total. The normalized spacial score (nSPS) is 11.4. The van der Waals surface area contributed by atoms with Crippen LogP contribution in [-0.2, 0) is 14.3 Å². The van der Waals surface area contributed by atoms with Gasteiger partial charge in [0.1, 0.15) is 5.41 Å². The third-order valence-electron chi connectivity index (χ3n) is 2.33.